The molecule has 1 unspecified atom stereocenters. The molecule has 5 aliphatic rings. The Morgan fingerprint density at radius 1 is 0.800 bits per heavy atom. The number of aromatic hydroxyl groups is 1. The smallest absolute Gasteiger partial charge is 0.255 e. The van der Waals surface area contributed by atoms with Gasteiger partial charge in [-0.1, -0.05) is 42.5 Å². The molecule has 55 heavy (non-hydrogen) atoms. The van der Waals surface area contributed by atoms with Crippen molar-refractivity contribution in [3.05, 3.63) is 119 Å². The molecule has 0 bridgehead atoms. The van der Waals surface area contributed by atoms with Gasteiger partial charge in [0, 0.05) is 93.5 Å². The summed E-state index contributed by atoms with van der Waals surface area (Å²) in [5.41, 5.74) is 6.31. The monoisotopic (exact) mass is 743 g/mol. The number of rotatable bonds is 7. The molecule has 284 valence electrons. The largest absolute Gasteiger partial charge is 0.508 e. The highest BCUT2D eigenvalue weighted by Gasteiger charge is 2.40. The number of halogens is 1. The van der Waals surface area contributed by atoms with Crippen LogP contribution in [0.25, 0.3) is 0 Å². The maximum Gasteiger partial charge on any atom is 0.255 e. The average Bonchev–Trinajstić information content (AvgIpc) is 3.53. The fraction of sp³-hybridized carbons (Fsp3) is 0.386. The summed E-state index contributed by atoms with van der Waals surface area (Å²) in [6, 6.07) is 26.6. The van der Waals surface area contributed by atoms with Crippen molar-refractivity contribution >= 4 is 29.1 Å². The van der Waals surface area contributed by atoms with Crippen LogP contribution in [0.4, 0.5) is 15.8 Å². The lowest BCUT2D eigenvalue weighted by atomic mass is 9.76. The Kier molecular flexibility index (Phi) is 9.41. The van der Waals surface area contributed by atoms with Crippen molar-refractivity contribution in [1.29, 1.82) is 0 Å². The minimum atomic E-state index is -0.609. The zero-order chi connectivity index (χ0) is 37.6. The molecule has 0 aromatic heterocycles. The molecule has 4 aromatic rings. The first-order valence-corrected chi connectivity index (χ1v) is 19.6. The highest BCUT2D eigenvalue weighted by molar-refractivity contribution is 6.05. The van der Waals surface area contributed by atoms with Gasteiger partial charge in [-0.2, -0.15) is 0 Å². The third-order valence-corrected chi connectivity index (χ3v) is 12.4. The maximum atomic E-state index is 16.1. The lowest BCUT2D eigenvalue weighted by molar-refractivity contribution is -0.136. The van der Waals surface area contributed by atoms with E-state index in [-0.39, 0.29) is 47.5 Å². The predicted molar refractivity (Wildman–Crippen MR) is 207 cm³/mol. The molecule has 3 amide bonds. The van der Waals surface area contributed by atoms with Gasteiger partial charge in [-0.05, 0) is 78.3 Å². The van der Waals surface area contributed by atoms with Gasteiger partial charge in [0.15, 0.2) is 0 Å². The zero-order valence-corrected chi connectivity index (χ0v) is 30.8. The summed E-state index contributed by atoms with van der Waals surface area (Å²) in [5, 5.41) is 12.5. The van der Waals surface area contributed by atoms with Gasteiger partial charge in [0.05, 0.1) is 12.3 Å². The summed E-state index contributed by atoms with van der Waals surface area (Å²) in [6.45, 7) is 7.18. The molecule has 9 rings (SSSR count). The second kappa shape index (κ2) is 14.7. The number of anilines is 2. The summed E-state index contributed by atoms with van der Waals surface area (Å²) in [5.74, 6) is 0.232. The summed E-state index contributed by atoms with van der Waals surface area (Å²) < 4.78 is 22.2. The Labute approximate surface area is 320 Å². The van der Waals surface area contributed by atoms with Gasteiger partial charge in [-0.3, -0.25) is 24.6 Å². The molecule has 3 saturated heterocycles. The van der Waals surface area contributed by atoms with Gasteiger partial charge < -0.3 is 24.5 Å². The molecule has 0 aliphatic carbocycles. The van der Waals surface area contributed by atoms with Crippen molar-refractivity contribution in [2.45, 2.75) is 50.1 Å². The van der Waals surface area contributed by atoms with Gasteiger partial charge in [0.25, 0.3) is 5.91 Å². The fourth-order valence-corrected chi connectivity index (χ4v) is 9.44. The van der Waals surface area contributed by atoms with E-state index >= 15 is 4.39 Å². The van der Waals surface area contributed by atoms with E-state index in [1.165, 1.54) is 0 Å². The first-order valence-electron chi connectivity index (χ1n) is 19.6. The average molecular weight is 744 g/mol. The van der Waals surface area contributed by atoms with Gasteiger partial charge in [0.2, 0.25) is 11.8 Å². The molecule has 0 spiro atoms. The van der Waals surface area contributed by atoms with Crippen molar-refractivity contribution in [3.63, 3.8) is 0 Å². The van der Waals surface area contributed by atoms with Crippen molar-refractivity contribution in [3.8, 4) is 11.5 Å². The fourth-order valence-electron chi connectivity index (χ4n) is 9.44. The van der Waals surface area contributed by atoms with Crippen molar-refractivity contribution in [1.82, 2.24) is 15.1 Å². The number of fused-ring (bicyclic) bond motifs is 2. The molecule has 11 heteroatoms. The third kappa shape index (κ3) is 6.90. The van der Waals surface area contributed by atoms with Crippen LogP contribution in [0, 0.1) is 11.7 Å². The topological polar surface area (TPSA) is 106 Å². The standard InChI is InChI=1S/C44H46FN5O5/c45-37-23-30(42-35-10-8-33(51)24-40(35)55-27-36(42)29-4-2-1-3-5-29)6-11-38(37)49-16-14-28(15-17-49)25-47-18-20-48(21-19-47)32-7-9-34-31(22-32)26-50(44(34)54)39-12-13-41(52)46-43(39)53/h1-11,22-24,28,36,39,42,51H,12-21,25-27H2,(H,46,52,53)/t36-,39?,42-/m0/s1. The lowest BCUT2D eigenvalue weighted by Crippen LogP contribution is -2.52. The molecular formula is C44H46FN5O5. The molecule has 4 aromatic carbocycles. The van der Waals surface area contributed by atoms with E-state index in [0.717, 1.165) is 86.6 Å². The summed E-state index contributed by atoms with van der Waals surface area (Å²) >= 11 is 0. The number of imide groups is 1. The SMILES string of the molecule is O=C1CCC(N2Cc3cc(N4CCN(CC5CCN(c6ccc([C@H]7c8ccc(O)cc8OC[C@H]7c7ccccc7)cc6F)CC5)CC4)ccc3C2=O)C(=O)N1. The molecule has 0 saturated carbocycles. The number of piperidine rings is 2. The first kappa shape index (κ1) is 35.3. The molecule has 5 heterocycles. The van der Waals surface area contributed by atoms with Crippen LogP contribution in [-0.4, -0.2) is 91.1 Å². The van der Waals surface area contributed by atoms with Crippen LogP contribution in [0.15, 0.2) is 84.9 Å². The number of hydrogen-bond donors (Lipinski definition) is 2. The maximum absolute atomic E-state index is 16.1. The van der Waals surface area contributed by atoms with Crippen LogP contribution in [0.2, 0.25) is 0 Å². The Bertz CT molecular complexity index is 2110. The molecule has 3 fully saturated rings. The van der Waals surface area contributed by atoms with Crippen LogP contribution in [0.5, 0.6) is 11.5 Å². The quantitative estimate of drug-likeness (QED) is 0.235. The Hall–Kier alpha value is -5.42. The number of carbonyl (C=O) groups excluding carboxylic acids is 3. The normalized spacial score (nSPS) is 23.3. The Balaban J connectivity index is 0.795. The molecule has 3 atom stereocenters. The van der Waals surface area contributed by atoms with E-state index < -0.39 is 6.04 Å². The summed E-state index contributed by atoms with van der Waals surface area (Å²) in [6.07, 6.45) is 2.63. The summed E-state index contributed by atoms with van der Waals surface area (Å²) in [4.78, 5) is 45.9. The number of nitrogens with zero attached hydrogens (tertiary/aromatic N) is 4. The van der Waals surface area contributed by atoms with Gasteiger partial charge >= 0.3 is 0 Å². The van der Waals surface area contributed by atoms with E-state index in [2.05, 4.69) is 44.3 Å². The Morgan fingerprint density at radius 2 is 1.60 bits per heavy atom. The number of amides is 3. The van der Waals surface area contributed by atoms with Gasteiger partial charge in [-0.15, -0.1) is 0 Å². The van der Waals surface area contributed by atoms with E-state index in [9.17, 15) is 19.5 Å². The van der Waals surface area contributed by atoms with Gasteiger partial charge in [0.1, 0.15) is 23.4 Å². The predicted octanol–water partition coefficient (Wildman–Crippen LogP) is 5.64. The van der Waals surface area contributed by atoms with Crippen LogP contribution in [-0.2, 0) is 16.1 Å². The number of ether oxygens (including phenoxy) is 1. The molecule has 5 aliphatic heterocycles. The van der Waals surface area contributed by atoms with Gasteiger partial charge in [-0.25, -0.2) is 4.39 Å². The van der Waals surface area contributed by atoms with Crippen LogP contribution >= 0.6 is 0 Å². The second-order valence-electron chi connectivity index (χ2n) is 15.7. The van der Waals surface area contributed by atoms with Crippen molar-refractivity contribution < 1.29 is 28.6 Å². The third-order valence-electron chi connectivity index (χ3n) is 12.4. The second-order valence-corrected chi connectivity index (χ2v) is 15.7. The number of phenols is 1. The van der Waals surface area contributed by atoms with Crippen LogP contribution < -0.4 is 19.9 Å². The lowest BCUT2D eigenvalue weighted by Gasteiger charge is -2.40. The van der Waals surface area contributed by atoms with Crippen molar-refractivity contribution in [2.24, 2.45) is 5.92 Å². The highest BCUT2D eigenvalue weighted by Crippen LogP contribution is 2.47. The summed E-state index contributed by atoms with van der Waals surface area (Å²) in [7, 11) is 0. The number of nitrogens with one attached hydrogen (secondary N) is 1. The molecule has 0 radical (unpaired) electrons. The van der Waals surface area contributed by atoms with Crippen molar-refractivity contribution in [2.75, 3.05) is 62.2 Å². The number of phenolic OH excluding ortho intramolecular Hbond substituents is 1. The highest BCUT2D eigenvalue weighted by atomic mass is 19.1. The number of piperazine rings is 1. The van der Waals surface area contributed by atoms with E-state index in [4.69, 9.17) is 4.74 Å². The van der Waals surface area contributed by atoms with E-state index in [0.29, 0.717) is 42.5 Å². The van der Waals surface area contributed by atoms with E-state index in [1.54, 1.807) is 23.1 Å². The Morgan fingerprint density at radius 3 is 2.36 bits per heavy atom. The minimum absolute atomic E-state index is 0.0120. The molecule has 2 N–H and O–H groups in total. The van der Waals surface area contributed by atoms with E-state index in [1.807, 2.05) is 42.5 Å². The number of benzene rings is 4. The minimum Gasteiger partial charge on any atom is -0.508 e. The van der Waals surface area contributed by atoms with Crippen LogP contribution in [0.1, 0.15) is 70.1 Å². The van der Waals surface area contributed by atoms with Crippen LogP contribution in [0.3, 0.4) is 0 Å². The molecular weight excluding hydrogens is 698 g/mol. The number of hydrogen-bond acceptors (Lipinski definition) is 8. The first-order chi connectivity index (χ1) is 26.8. The zero-order valence-electron chi connectivity index (χ0n) is 30.8. The molecule has 10 nitrogen and oxygen atoms in total. The number of carbonyl (C=O) groups is 3.